The van der Waals surface area contributed by atoms with E-state index in [0.717, 1.165) is 27.8 Å². The Balaban J connectivity index is 1.32. The third-order valence-corrected chi connectivity index (χ3v) is 7.21. The quantitative estimate of drug-likeness (QED) is 0.186. The second kappa shape index (κ2) is 12.4. The van der Waals surface area contributed by atoms with Crippen LogP contribution in [0.25, 0.3) is 17.2 Å². The molecule has 5 aromatic carbocycles. The van der Waals surface area contributed by atoms with Crippen molar-refractivity contribution in [1.82, 2.24) is 0 Å². The normalized spacial score (nSPS) is 13.2. The van der Waals surface area contributed by atoms with Gasteiger partial charge in [-0.1, -0.05) is 30.3 Å². The summed E-state index contributed by atoms with van der Waals surface area (Å²) in [6.45, 7) is 0. The Morgan fingerprint density at radius 2 is 1.07 bits per heavy atom. The molecule has 0 saturated heterocycles. The van der Waals surface area contributed by atoms with Crippen molar-refractivity contribution in [1.29, 1.82) is 0 Å². The molecule has 0 fully saturated rings. The van der Waals surface area contributed by atoms with Crippen molar-refractivity contribution in [2.45, 2.75) is 12.8 Å². The lowest BCUT2D eigenvalue weighted by Crippen LogP contribution is -1.99. The van der Waals surface area contributed by atoms with Crippen molar-refractivity contribution in [3.8, 4) is 23.0 Å². The van der Waals surface area contributed by atoms with E-state index in [-0.39, 0.29) is 18.1 Å². The summed E-state index contributed by atoms with van der Waals surface area (Å²) in [5, 5.41) is 9.77. The average Bonchev–Trinajstić information content (AvgIpc) is 3.27. The van der Waals surface area contributed by atoms with E-state index in [2.05, 4.69) is 0 Å². The molecule has 1 aliphatic rings. The number of carboxylic acid groups (broad SMARTS) is 1. The van der Waals surface area contributed by atoms with Crippen LogP contribution in [-0.4, -0.2) is 11.1 Å². The second-order valence-electron chi connectivity index (χ2n) is 10.3. The number of fused-ring (bicyclic) bond motifs is 1. The number of halogens is 3. The first-order chi connectivity index (χ1) is 21.3. The van der Waals surface area contributed by atoms with E-state index >= 15 is 0 Å². The Bertz CT molecular complexity index is 1870. The van der Waals surface area contributed by atoms with Crippen molar-refractivity contribution in [2.24, 2.45) is 0 Å². The predicted molar refractivity (Wildman–Crippen MR) is 163 cm³/mol. The maximum Gasteiger partial charge on any atom is 0.307 e. The Labute approximate surface area is 252 Å². The summed E-state index contributed by atoms with van der Waals surface area (Å²) in [5.74, 6) is -0.0325. The molecule has 0 aliphatic heterocycles. The molecule has 5 aromatic rings. The molecule has 0 aromatic heterocycles. The van der Waals surface area contributed by atoms with Gasteiger partial charge in [-0.3, -0.25) is 4.79 Å². The number of hydrogen-bond donors (Lipinski definition) is 1. The van der Waals surface area contributed by atoms with E-state index in [1.807, 2.05) is 30.3 Å². The topological polar surface area (TPSA) is 55.8 Å². The van der Waals surface area contributed by atoms with Gasteiger partial charge in [-0.2, -0.15) is 0 Å². The number of hydrogen-bond acceptors (Lipinski definition) is 3. The van der Waals surface area contributed by atoms with Gasteiger partial charge in [-0.15, -0.1) is 0 Å². The maximum absolute atomic E-state index is 14.4. The van der Waals surface area contributed by atoms with E-state index in [1.165, 1.54) is 36.4 Å². The zero-order chi connectivity index (χ0) is 30.6. The molecule has 1 aliphatic carbocycles. The predicted octanol–water partition coefficient (Wildman–Crippen LogP) is 9.71. The van der Waals surface area contributed by atoms with Gasteiger partial charge in [-0.05, 0) is 136 Å². The first-order valence-corrected chi connectivity index (χ1v) is 13.8. The highest BCUT2D eigenvalue weighted by molar-refractivity contribution is 6.08. The lowest BCUT2D eigenvalue weighted by Gasteiger charge is -2.12. The van der Waals surface area contributed by atoms with Gasteiger partial charge in [-0.25, -0.2) is 13.2 Å². The van der Waals surface area contributed by atoms with Crippen molar-refractivity contribution < 1.29 is 32.5 Å². The molecule has 0 atom stereocenters. The summed E-state index contributed by atoms with van der Waals surface area (Å²) in [7, 11) is 0. The van der Waals surface area contributed by atoms with Gasteiger partial charge >= 0.3 is 5.97 Å². The minimum Gasteiger partial charge on any atom is -0.481 e. The number of rotatable bonds is 9. The van der Waals surface area contributed by atoms with Crippen molar-refractivity contribution in [2.75, 3.05) is 0 Å². The summed E-state index contributed by atoms with van der Waals surface area (Å²) in [4.78, 5) is 11.9. The molecule has 0 amide bonds. The largest absolute Gasteiger partial charge is 0.481 e. The zero-order valence-electron chi connectivity index (χ0n) is 23.3. The van der Waals surface area contributed by atoms with E-state index in [9.17, 15) is 23.1 Å². The number of benzene rings is 5. The van der Waals surface area contributed by atoms with Crippen LogP contribution in [0.15, 0.2) is 121 Å². The summed E-state index contributed by atoms with van der Waals surface area (Å²) in [6, 6.07) is 30.5. The summed E-state index contributed by atoms with van der Waals surface area (Å²) in [5.41, 5.74) is 5.18. The highest BCUT2D eigenvalue weighted by Crippen LogP contribution is 2.45. The molecule has 6 rings (SSSR count). The standard InChI is InChI=1S/C37H25F3O4/c38-25-5-14-30(15-6-25)43-28-10-1-23(2-11-28)19-33-32-18-9-27(40)21-35(32)36(22-37(41)42)34(33)20-24-3-12-29(13-4-24)44-31-16-7-26(39)8-17-31/h1-19,21H,20,22H2,(H,41,42)/b33-19+. The van der Waals surface area contributed by atoms with E-state index in [4.69, 9.17) is 9.47 Å². The molecule has 0 unspecified atom stereocenters. The fraction of sp³-hybridized carbons (Fsp3) is 0.0541. The number of carboxylic acids is 1. The minimum absolute atomic E-state index is 0.265. The molecule has 0 bridgehead atoms. The lowest BCUT2D eigenvalue weighted by atomic mass is 9.94. The van der Waals surface area contributed by atoms with Gasteiger partial charge in [0.2, 0.25) is 0 Å². The van der Waals surface area contributed by atoms with Crippen LogP contribution in [0.3, 0.4) is 0 Å². The van der Waals surface area contributed by atoms with Gasteiger partial charge < -0.3 is 14.6 Å². The minimum atomic E-state index is -1.01. The maximum atomic E-state index is 14.4. The first-order valence-electron chi connectivity index (χ1n) is 13.8. The molecule has 7 heteroatoms. The van der Waals surface area contributed by atoms with Crippen LogP contribution in [0.5, 0.6) is 23.0 Å². The third-order valence-electron chi connectivity index (χ3n) is 7.21. The third kappa shape index (κ3) is 6.57. The van der Waals surface area contributed by atoms with E-state index in [1.54, 1.807) is 54.6 Å². The van der Waals surface area contributed by atoms with E-state index < -0.39 is 11.8 Å². The summed E-state index contributed by atoms with van der Waals surface area (Å²) < 4.78 is 52.5. The van der Waals surface area contributed by atoms with Crippen molar-refractivity contribution in [3.05, 3.63) is 161 Å². The Kier molecular flexibility index (Phi) is 8.02. The fourth-order valence-corrected chi connectivity index (χ4v) is 5.16. The van der Waals surface area contributed by atoms with Crippen molar-refractivity contribution in [3.63, 3.8) is 0 Å². The van der Waals surface area contributed by atoms with Crippen LogP contribution in [0.2, 0.25) is 0 Å². The molecule has 0 radical (unpaired) electrons. The number of aliphatic carboxylic acids is 1. The molecular weight excluding hydrogens is 565 g/mol. The Morgan fingerprint density at radius 1 is 0.591 bits per heavy atom. The lowest BCUT2D eigenvalue weighted by molar-refractivity contribution is -0.135. The molecule has 44 heavy (non-hydrogen) atoms. The molecule has 4 nitrogen and oxygen atoms in total. The van der Waals surface area contributed by atoms with Crippen LogP contribution in [0, 0.1) is 17.5 Å². The van der Waals surface area contributed by atoms with Gasteiger partial charge in [0.25, 0.3) is 0 Å². The first kappa shape index (κ1) is 28.6. The van der Waals surface area contributed by atoms with Gasteiger partial charge in [0.1, 0.15) is 40.4 Å². The van der Waals surface area contributed by atoms with Gasteiger partial charge in [0.15, 0.2) is 0 Å². The Hall–Kier alpha value is -5.56. The molecule has 0 saturated carbocycles. The number of carbonyl (C=O) groups is 1. The SMILES string of the molecule is O=C(O)CC1=C(Cc2ccc(Oc3ccc(F)cc3)cc2)/C(=C/c2ccc(Oc3ccc(F)cc3)cc2)c2ccc(F)cc21. The van der Waals surface area contributed by atoms with Crippen LogP contribution in [-0.2, 0) is 11.2 Å². The average molecular weight is 591 g/mol. The summed E-state index contributed by atoms with van der Waals surface area (Å²) >= 11 is 0. The zero-order valence-corrected chi connectivity index (χ0v) is 23.3. The van der Waals surface area contributed by atoms with Gasteiger partial charge in [0.05, 0.1) is 6.42 Å². The second-order valence-corrected chi connectivity index (χ2v) is 10.3. The molecule has 0 spiro atoms. The van der Waals surface area contributed by atoms with Crippen molar-refractivity contribution >= 4 is 23.2 Å². The smallest absolute Gasteiger partial charge is 0.307 e. The van der Waals surface area contributed by atoms with Crippen LogP contribution in [0.4, 0.5) is 13.2 Å². The van der Waals surface area contributed by atoms with Gasteiger partial charge in [0, 0.05) is 0 Å². The number of allylic oxidation sites excluding steroid dienone is 2. The monoisotopic (exact) mass is 590 g/mol. The Morgan fingerprint density at radius 3 is 1.59 bits per heavy atom. The molecule has 218 valence electrons. The molecular formula is C37H25F3O4. The van der Waals surface area contributed by atoms with Crippen LogP contribution in [0.1, 0.15) is 28.7 Å². The fourth-order valence-electron chi connectivity index (χ4n) is 5.16. The molecule has 1 N–H and O–H groups in total. The highest BCUT2D eigenvalue weighted by atomic mass is 19.1. The van der Waals surface area contributed by atoms with Crippen LogP contribution < -0.4 is 9.47 Å². The highest BCUT2D eigenvalue weighted by Gasteiger charge is 2.28. The molecule has 0 heterocycles. The van der Waals surface area contributed by atoms with Crippen LogP contribution >= 0.6 is 0 Å². The van der Waals surface area contributed by atoms with E-state index in [0.29, 0.717) is 40.6 Å². The summed E-state index contributed by atoms with van der Waals surface area (Å²) in [6.07, 6.45) is 2.08. The number of ether oxygens (including phenoxy) is 2.